The van der Waals surface area contributed by atoms with Crippen LogP contribution in [0, 0.1) is 0 Å². The van der Waals surface area contributed by atoms with Crippen LogP contribution in [0.5, 0.6) is 0 Å². The van der Waals surface area contributed by atoms with Gasteiger partial charge >= 0.3 is 12.3 Å². The Hall–Kier alpha value is -1.80. The van der Waals surface area contributed by atoms with Gasteiger partial charge in [-0.1, -0.05) is 5.16 Å². The van der Waals surface area contributed by atoms with E-state index in [4.69, 9.17) is 4.74 Å². The molecular formula is C10H14F3N3O3. The average Bonchev–Trinajstić information content (AvgIpc) is 2.61. The van der Waals surface area contributed by atoms with E-state index in [0.29, 0.717) is 0 Å². The van der Waals surface area contributed by atoms with Gasteiger partial charge in [0.1, 0.15) is 11.6 Å². The number of alkyl carbamates (subject to hydrolysis) is 1. The first-order valence-electron chi connectivity index (χ1n) is 5.39. The Balaban J connectivity index is 2.66. The molecule has 0 spiro atoms. The lowest BCUT2D eigenvalue weighted by Crippen LogP contribution is -2.34. The van der Waals surface area contributed by atoms with Crippen LogP contribution in [-0.2, 0) is 10.9 Å². The highest BCUT2D eigenvalue weighted by Crippen LogP contribution is 2.27. The Kier molecular flexibility index (Phi) is 4.06. The summed E-state index contributed by atoms with van der Waals surface area (Å²) in [5.74, 6) is -1.74. The highest BCUT2D eigenvalue weighted by molar-refractivity contribution is 5.68. The molecule has 1 heterocycles. The van der Waals surface area contributed by atoms with Crippen LogP contribution in [0.2, 0.25) is 0 Å². The quantitative estimate of drug-likeness (QED) is 0.901. The molecule has 0 bridgehead atoms. The molecule has 1 atom stereocenters. The zero-order valence-electron chi connectivity index (χ0n) is 10.8. The maximum Gasteiger partial charge on any atom is 0.455 e. The van der Waals surface area contributed by atoms with Gasteiger partial charge in [0.2, 0.25) is 5.89 Å². The SMILES string of the molecule is C[C@@H](NC(=O)OC(C)(C)C)c1nc(C(F)(F)F)no1. The fourth-order valence-corrected chi connectivity index (χ4v) is 1.07. The summed E-state index contributed by atoms with van der Waals surface area (Å²) in [4.78, 5) is 14.6. The Morgan fingerprint density at radius 1 is 1.37 bits per heavy atom. The molecule has 0 saturated heterocycles. The topological polar surface area (TPSA) is 77.2 Å². The fraction of sp³-hybridized carbons (Fsp3) is 0.700. The first-order chi connectivity index (χ1) is 8.49. The first kappa shape index (κ1) is 15.3. The number of nitrogens with one attached hydrogen (secondary N) is 1. The van der Waals surface area contributed by atoms with Crippen molar-refractivity contribution in [1.82, 2.24) is 15.5 Å². The van der Waals surface area contributed by atoms with Gasteiger partial charge in [0.15, 0.2) is 0 Å². The number of rotatable bonds is 2. The van der Waals surface area contributed by atoms with Crippen LogP contribution in [0.3, 0.4) is 0 Å². The fourth-order valence-electron chi connectivity index (χ4n) is 1.07. The molecule has 0 aliphatic heterocycles. The number of carbonyl (C=O) groups excluding carboxylic acids is 1. The van der Waals surface area contributed by atoms with Crippen LogP contribution in [0.4, 0.5) is 18.0 Å². The third-order valence-electron chi connectivity index (χ3n) is 1.80. The Labute approximate surface area is 107 Å². The predicted octanol–water partition coefficient (Wildman–Crippen LogP) is 2.67. The molecule has 0 aromatic carbocycles. The molecule has 0 aliphatic carbocycles. The second kappa shape index (κ2) is 5.06. The van der Waals surface area contributed by atoms with Gasteiger partial charge in [-0.25, -0.2) is 4.79 Å². The maximum atomic E-state index is 12.3. The van der Waals surface area contributed by atoms with Gasteiger partial charge in [0, 0.05) is 0 Å². The van der Waals surface area contributed by atoms with Crippen molar-refractivity contribution in [3.05, 3.63) is 11.7 Å². The summed E-state index contributed by atoms with van der Waals surface area (Å²) in [6.45, 7) is 6.38. The van der Waals surface area contributed by atoms with Gasteiger partial charge in [0.25, 0.3) is 5.82 Å². The lowest BCUT2D eigenvalue weighted by atomic mass is 10.2. The number of ether oxygens (including phenoxy) is 1. The number of halogens is 3. The van der Waals surface area contributed by atoms with E-state index in [9.17, 15) is 18.0 Å². The zero-order chi connectivity index (χ0) is 14.8. The van der Waals surface area contributed by atoms with Gasteiger partial charge in [-0.3, -0.25) is 0 Å². The standard InChI is InChI=1S/C10H14F3N3O3/c1-5(14-8(17)18-9(2,3)4)6-15-7(16-19-6)10(11,12)13/h5H,1-4H3,(H,14,17)/t5-/m1/s1. The van der Waals surface area contributed by atoms with Crippen molar-refractivity contribution in [2.24, 2.45) is 0 Å². The molecule has 1 amide bonds. The van der Waals surface area contributed by atoms with Gasteiger partial charge in [-0.05, 0) is 27.7 Å². The second-order valence-electron chi connectivity index (χ2n) is 4.82. The number of alkyl halides is 3. The third kappa shape index (κ3) is 4.76. The Morgan fingerprint density at radius 2 is 1.95 bits per heavy atom. The predicted molar refractivity (Wildman–Crippen MR) is 57.1 cm³/mol. The van der Waals surface area contributed by atoms with E-state index >= 15 is 0 Å². The van der Waals surface area contributed by atoms with Crippen molar-refractivity contribution >= 4 is 6.09 Å². The van der Waals surface area contributed by atoms with Crippen LogP contribution >= 0.6 is 0 Å². The minimum Gasteiger partial charge on any atom is -0.444 e. The lowest BCUT2D eigenvalue weighted by molar-refractivity contribution is -0.146. The van der Waals surface area contributed by atoms with Crippen molar-refractivity contribution in [2.75, 3.05) is 0 Å². The van der Waals surface area contributed by atoms with Gasteiger partial charge in [-0.2, -0.15) is 18.2 Å². The van der Waals surface area contributed by atoms with Crippen molar-refractivity contribution < 1.29 is 27.2 Å². The van der Waals surface area contributed by atoms with Crippen molar-refractivity contribution in [2.45, 2.75) is 45.5 Å². The molecule has 108 valence electrons. The number of nitrogens with zero attached hydrogens (tertiary/aromatic N) is 2. The molecule has 19 heavy (non-hydrogen) atoms. The largest absolute Gasteiger partial charge is 0.455 e. The van der Waals surface area contributed by atoms with E-state index in [1.807, 2.05) is 0 Å². The summed E-state index contributed by atoms with van der Waals surface area (Å²) in [5.41, 5.74) is -0.713. The molecule has 0 unspecified atom stereocenters. The summed E-state index contributed by atoms with van der Waals surface area (Å²) in [5, 5.41) is 5.08. The van der Waals surface area contributed by atoms with E-state index in [1.54, 1.807) is 20.8 Å². The van der Waals surface area contributed by atoms with Crippen LogP contribution < -0.4 is 5.32 Å². The van der Waals surface area contributed by atoms with Crippen molar-refractivity contribution in [1.29, 1.82) is 0 Å². The average molecular weight is 281 g/mol. The molecule has 1 rings (SSSR count). The minimum absolute atomic E-state index is 0.349. The van der Waals surface area contributed by atoms with Gasteiger partial charge in [0.05, 0.1) is 0 Å². The van der Waals surface area contributed by atoms with Crippen molar-refractivity contribution in [3.8, 4) is 0 Å². The number of hydrogen-bond acceptors (Lipinski definition) is 5. The molecule has 6 nitrogen and oxygen atoms in total. The van der Waals surface area contributed by atoms with E-state index in [1.165, 1.54) is 6.92 Å². The zero-order valence-corrected chi connectivity index (χ0v) is 10.8. The van der Waals surface area contributed by atoms with E-state index in [0.717, 1.165) is 0 Å². The van der Waals surface area contributed by atoms with Crippen LogP contribution in [0.1, 0.15) is 45.5 Å². The number of aromatic nitrogens is 2. The normalized spacial score (nSPS) is 14.1. The summed E-state index contributed by atoms with van der Waals surface area (Å²) in [7, 11) is 0. The Morgan fingerprint density at radius 3 is 2.37 bits per heavy atom. The molecule has 0 saturated carbocycles. The summed E-state index contributed by atoms with van der Waals surface area (Å²) < 4.78 is 46.1. The molecule has 1 N–H and O–H groups in total. The lowest BCUT2D eigenvalue weighted by Gasteiger charge is -2.20. The molecule has 0 aliphatic rings. The van der Waals surface area contributed by atoms with Gasteiger partial charge < -0.3 is 14.6 Å². The van der Waals surface area contributed by atoms with Crippen LogP contribution in [0.15, 0.2) is 4.52 Å². The highest BCUT2D eigenvalue weighted by atomic mass is 19.4. The number of hydrogen-bond donors (Lipinski definition) is 1. The highest BCUT2D eigenvalue weighted by Gasteiger charge is 2.38. The second-order valence-corrected chi connectivity index (χ2v) is 4.82. The maximum absolute atomic E-state index is 12.3. The molecule has 1 aromatic rings. The molecular weight excluding hydrogens is 267 g/mol. The van der Waals surface area contributed by atoms with Crippen molar-refractivity contribution in [3.63, 3.8) is 0 Å². The molecule has 0 radical (unpaired) electrons. The molecule has 9 heteroatoms. The summed E-state index contributed by atoms with van der Waals surface area (Å²) in [6, 6.07) is -0.890. The number of carbonyl (C=O) groups is 1. The number of amides is 1. The summed E-state index contributed by atoms with van der Waals surface area (Å²) >= 11 is 0. The summed E-state index contributed by atoms with van der Waals surface area (Å²) in [6.07, 6.45) is -5.47. The monoisotopic (exact) mass is 281 g/mol. The smallest absolute Gasteiger partial charge is 0.444 e. The first-order valence-corrected chi connectivity index (χ1v) is 5.39. The van der Waals surface area contributed by atoms with E-state index in [2.05, 4.69) is 20.0 Å². The third-order valence-corrected chi connectivity index (χ3v) is 1.80. The minimum atomic E-state index is -4.69. The Bertz CT molecular complexity index is 451. The van der Waals surface area contributed by atoms with Crippen LogP contribution in [0.25, 0.3) is 0 Å². The molecule has 1 aromatic heterocycles. The van der Waals surface area contributed by atoms with Crippen LogP contribution in [-0.4, -0.2) is 21.8 Å². The van der Waals surface area contributed by atoms with Gasteiger partial charge in [-0.15, -0.1) is 0 Å². The van der Waals surface area contributed by atoms with E-state index < -0.39 is 29.7 Å². The van der Waals surface area contributed by atoms with E-state index in [-0.39, 0.29) is 5.89 Å². The molecule has 0 fully saturated rings.